The minimum Gasteiger partial charge on any atom is -0.408 e. The summed E-state index contributed by atoms with van der Waals surface area (Å²) >= 11 is 0. The van der Waals surface area contributed by atoms with Crippen LogP contribution in [0, 0.1) is 11.3 Å². The van der Waals surface area contributed by atoms with E-state index in [4.69, 9.17) is 10.2 Å². The van der Waals surface area contributed by atoms with Gasteiger partial charge in [-0.05, 0) is 17.8 Å². The molecular weight excluding hydrogens is 178 g/mol. The lowest BCUT2D eigenvalue weighted by Crippen LogP contribution is -2.12. The van der Waals surface area contributed by atoms with Crippen molar-refractivity contribution in [3.8, 4) is 0 Å². The predicted molar refractivity (Wildman–Crippen MR) is 55.7 cm³/mol. The maximum absolute atomic E-state index is 5.34. The van der Waals surface area contributed by atoms with Gasteiger partial charge in [-0.25, -0.2) is 0 Å². The van der Waals surface area contributed by atoms with Gasteiger partial charge in [0.2, 0.25) is 5.89 Å². The molecule has 1 aromatic heterocycles. The van der Waals surface area contributed by atoms with E-state index in [0.717, 1.165) is 12.8 Å². The number of nitrogens with zero attached hydrogens (tertiary/aromatic N) is 2. The SMILES string of the molecule is C[C@H](Cc1nnc(N)o1)CC(C)(C)C. The molecule has 4 heteroatoms. The molecule has 4 nitrogen and oxygen atoms in total. The van der Waals surface area contributed by atoms with Gasteiger partial charge in [0.1, 0.15) is 0 Å². The van der Waals surface area contributed by atoms with Gasteiger partial charge < -0.3 is 10.2 Å². The Balaban J connectivity index is 2.45. The zero-order chi connectivity index (χ0) is 10.8. The first-order valence-corrected chi connectivity index (χ1v) is 4.95. The van der Waals surface area contributed by atoms with E-state index < -0.39 is 0 Å². The van der Waals surface area contributed by atoms with Gasteiger partial charge in [-0.3, -0.25) is 0 Å². The summed E-state index contributed by atoms with van der Waals surface area (Å²) in [6.45, 7) is 8.87. The van der Waals surface area contributed by atoms with Gasteiger partial charge in [-0.2, -0.15) is 0 Å². The standard InChI is InChI=1S/C10H19N3O/c1-7(6-10(2,3)4)5-8-12-13-9(11)14-8/h7H,5-6H2,1-4H3,(H2,11,13)/t7-/m1/s1. The average molecular weight is 197 g/mol. The van der Waals surface area contributed by atoms with E-state index in [1.165, 1.54) is 0 Å². The molecule has 0 aromatic carbocycles. The molecule has 0 radical (unpaired) electrons. The first-order valence-electron chi connectivity index (χ1n) is 4.95. The first kappa shape index (κ1) is 11.0. The molecule has 0 saturated carbocycles. The van der Waals surface area contributed by atoms with Gasteiger partial charge in [-0.15, -0.1) is 5.10 Å². The van der Waals surface area contributed by atoms with Crippen LogP contribution >= 0.6 is 0 Å². The Morgan fingerprint density at radius 2 is 2.00 bits per heavy atom. The first-order chi connectivity index (χ1) is 6.37. The molecule has 1 aromatic rings. The largest absolute Gasteiger partial charge is 0.408 e. The van der Waals surface area contributed by atoms with Gasteiger partial charge in [0, 0.05) is 6.42 Å². The maximum Gasteiger partial charge on any atom is 0.312 e. The quantitative estimate of drug-likeness (QED) is 0.807. The second-order valence-corrected chi connectivity index (χ2v) is 5.11. The molecule has 0 aliphatic carbocycles. The van der Waals surface area contributed by atoms with Crippen molar-refractivity contribution in [2.24, 2.45) is 11.3 Å². The summed E-state index contributed by atoms with van der Waals surface area (Å²) in [5.41, 5.74) is 5.68. The van der Waals surface area contributed by atoms with Crippen LogP contribution in [0.1, 0.15) is 40.0 Å². The average Bonchev–Trinajstić information content (AvgIpc) is 2.30. The molecule has 1 heterocycles. The van der Waals surface area contributed by atoms with Crippen molar-refractivity contribution in [3.05, 3.63) is 5.89 Å². The van der Waals surface area contributed by atoms with Gasteiger partial charge >= 0.3 is 6.01 Å². The van der Waals surface area contributed by atoms with E-state index in [2.05, 4.69) is 37.9 Å². The normalized spacial score (nSPS) is 14.3. The molecule has 0 saturated heterocycles. The van der Waals surface area contributed by atoms with Crippen LogP contribution in [0.3, 0.4) is 0 Å². The van der Waals surface area contributed by atoms with Crippen LogP contribution in [-0.4, -0.2) is 10.2 Å². The van der Waals surface area contributed by atoms with Crippen LogP contribution in [0.15, 0.2) is 4.42 Å². The number of rotatable bonds is 3. The van der Waals surface area contributed by atoms with Crippen molar-refractivity contribution in [2.75, 3.05) is 5.73 Å². The lowest BCUT2D eigenvalue weighted by molar-refractivity contribution is 0.294. The highest BCUT2D eigenvalue weighted by atomic mass is 16.4. The third kappa shape index (κ3) is 3.77. The third-order valence-corrected chi connectivity index (χ3v) is 1.97. The minimum atomic E-state index is 0.156. The van der Waals surface area contributed by atoms with Crippen molar-refractivity contribution in [3.63, 3.8) is 0 Å². The predicted octanol–water partition coefficient (Wildman–Crippen LogP) is 2.27. The summed E-state index contributed by atoms with van der Waals surface area (Å²) in [5.74, 6) is 1.18. The van der Waals surface area contributed by atoms with Crippen molar-refractivity contribution < 1.29 is 4.42 Å². The van der Waals surface area contributed by atoms with E-state index in [9.17, 15) is 0 Å². The van der Waals surface area contributed by atoms with Crippen molar-refractivity contribution in [1.82, 2.24) is 10.2 Å². The second-order valence-electron chi connectivity index (χ2n) is 5.11. The fraction of sp³-hybridized carbons (Fsp3) is 0.800. The Bertz CT molecular complexity index is 288. The van der Waals surface area contributed by atoms with Crippen molar-refractivity contribution in [1.29, 1.82) is 0 Å². The van der Waals surface area contributed by atoms with Gasteiger partial charge in [0.25, 0.3) is 0 Å². The smallest absolute Gasteiger partial charge is 0.312 e. The summed E-state index contributed by atoms with van der Waals surface area (Å²) in [7, 11) is 0. The summed E-state index contributed by atoms with van der Waals surface area (Å²) in [4.78, 5) is 0. The Hall–Kier alpha value is -1.06. The fourth-order valence-electron chi connectivity index (χ4n) is 1.76. The molecule has 1 rings (SSSR count). The molecule has 1 atom stereocenters. The molecule has 0 bridgehead atoms. The van der Waals surface area contributed by atoms with Crippen LogP contribution in [0.25, 0.3) is 0 Å². The molecule has 0 unspecified atom stereocenters. The van der Waals surface area contributed by atoms with Gasteiger partial charge in [-0.1, -0.05) is 32.8 Å². The van der Waals surface area contributed by atoms with Crippen LogP contribution in [0.5, 0.6) is 0 Å². The van der Waals surface area contributed by atoms with E-state index in [-0.39, 0.29) is 6.01 Å². The van der Waals surface area contributed by atoms with Crippen LogP contribution in [0.2, 0.25) is 0 Å². The second kappa shape index (κ2) is 3.98. The van der Waals surface area contributed by atoms with Crippen LogP contribution in [0.4, 0.5) is 6.01 Å². The van der Waals surface area contributed by atoms with Crippen LogP contribution in [-0.2, 0) is 6.42 Å². The van der Waals surface area contributed by atoms with E-state index in [1.54, 1.807) is 0 Å². The summed E-state index contributed by atoms with van der Waals surface area (Å²) in [6.07, 6.45) is 1.94. The summed E-state index contributed by atoms with van der Waals surface area (Å²) in [5, 5.41) is 7.47. The number of aromatic nitrogens is 2. The third-order valence-electron chi connectivity index (χ3n) is 1.97. The van der Waals surface area contributed by atoms with E-state index in [1.807, 2.05) is 0 Å². The maximum atomic E-state index is 5.34. The molecule has 0 fully saturated rings. The molecule has 0 aliphatic heterocycles. The van der Waals surface area contributed by atoms with E-state index in [0.29, 0.717) is 17.2 Å². The summed E-state index contributed by atoms with van der Waals surface area (Å²) < 4.78 is 5.12. The molecule has 0 aliphatic rings. The Morgan fingerprint density at radius 3 is 2.43 bits per heavy atom. The Morgan fingerprint density at radius 1 is 1.36 bits per heavy atom. The topological polar surface area (TPSA) is 64.9 Å². The lowest BCUT2D eigenvalue weighted by Gasteiger charge is -2.22. The number of anilines is 1. The Kier molecular flexibility index (Phi) is 3.13. The molecule has 0 amide bonds. The minimum absolute atomic E-state index is 0.156. The van der Waals surface area contributed by atoms with Gasteiger partial charge in [0.05, 0.1) is 0 Å². The Labute approximate surface area is 84.9 Å². The summed E-state index contributed by atoms with van der Waals surface area (Å²) in [6, 6.07) is 0.156. The number of nitrogen functional groups attached to an aromatic ring is 1. The highest BCUT2D eigenvalue weighted by Gasteiger charge is 2.17. The number of hydrogen-bond donors (Lipinski definition) is 1. The molecule has 0 spiro atoms. The fourth-order valence-corrected chi connectivity index (χ4v) is 1.76. The highest BCUT2D eigenvalue weighted by Crippen LogP contribution is 2.26. The van der Waals surface area contributed by atoms with E-state index >= 15 is 0 Å². The lowest BCUT2D eigenvalue weighted by atomic mass is 9.84. The van der Waals surface area contributed by atoms with Crippen LogP contribution < -0.4 is 5.73 Å². The van der Waals surface area contributed by atoms with Crippen molar-refractivity contribution in [2.45, 2.75) is 40.5 Å². The zero-order valence-electron chi connectivity index (χ0n) is 9.37. The number of nitrogens with two attached hydrogens (primary N) is 1. The highest BCUT2D eigenvalue weighted by molar-refractivity contribution is 5.04. The molecule has 14 heavy (non-hydrogen) atoms. The molecule has 2 N–H and O–H groups in total. The van der Waals surface area contributed by atoms with Crippen molar-refractivity contribution >= 4 is 6.01 Å². The monoisotopic (exact) mass is 197 g/mol. The number of hydrogen-bond acceptors (Lipinski definition) is 4. The zero-order valence-corrected chi connectivity index (χ0v) is 9.37. The van der Waals surface area contributed by atoms with Gasteiger partial charge in [0.15, 0.2) is 0 Å². The molecule has 80 valence electrons. The molecular formula is C10H19N3O.